The molecular weight excluding hydrogens is 866 g/mol. The molecule has 8 nitrogen and oxygen atoms in total. The molecule has 0 saturated heterocycles. The first-order chi connectivity index (χ1) is 28.2. The first kappa shape index (κ1) is 57.8. The molecule has 2 aromatic carbocycles. The molecule has 2 aromatic rings. The molecule has 0 fully saturated rings. The monoisotopic (exact) mass is 949 g/mol. The second-order valence-electron chi connectivity index (χ2n) is 16.6. The van der Waals surface area contributed by atoms with Gasteiger partial charge in [0.1, 0.15) is 0 Å². The number of aliphatic hydroxyl groups is 2. The van der Waals surface area contributed by atoms with Crippen molar-refractivity contribution in [3.8, 4) is 0 Å². The van der Waals surface area contributed by atoms with Crippen LogP contribution in [0, 0.1) is 0 Å². The van der Waals surface area contributed by atoms with E-state index >= 15 is 0 Å². The summed E-state index contributed by atoms with van der Waals surface area (Å²) in [5, 5.41) is 40.8. The van der Waals surface area contributed by atoms with Gasteiger partial charge in [-0.3, -0.25) is 0 Å². The number of carbonyl (C=O) groups excluding carboxylic acids is 2. The Morgan fingerprint density at radius 2 is 0.695 bits per heavy atom. The zero-order chi connectivity index (χ0) is 42.3. The summed E-state index contributed by atoms with van der Waals surface area (Å²) in [5.74, 6) is -1.89. The van der Waals surface area contributed by atoms with Crippen molar-refractivity contribution < 1.29 is 39.5 Å². The molecule has 4 unspecified atom stereocenters. The van der Waals surface area contributed by atoms with Gasteiger partial charge in [0.2, 0.25) is 0 Å². The van der Waals surface area contributed by atoms with Crippen molar-refractivity contribution in [2.24, 2.45) is 0 Å². The molecule has 59 heavy (non-hydrogen) atoms. The van der Waals surface area contributed by atoms with Crippen LogP contribution in [0.5, 0.6) is 0 Å². The van der Waals surface area contributed by atoms with Crippen LogP contribution in [0.4, 0.5) is 0 Å². The number of aliphatic carboxylic acids is 2. The van der Waals surface area contributed by atoms with E-state index in [0.29, 0.717) is 25.4 Å². The maximum absolute atomic E-state index is 10.3. The maximum Gasteiger partial charge on any atom is 2.00 e. The van der Waals surface area contributed by atoms with E-state index in [4.69, 9.17) is 9.47 Å². The number of rotatable bonds is 38. The molecule has 0 aliphatic carbocycles. The third-order valence-corrected chi connectivity index (χ3v) is 10.9. The number of benzene rings is 2. The van der Waals surface area contributed by atoms with Crippen LogP contribution in [0.1, 0.15) is 205 Å². The van der Waals surface area contributed by atoms with Gasteiger partial charge >= 0.3 is 48.9 Å². The van der Waals surface area contributed by atoms with Gasteiger partial charge in [-0.05, 0) is 89.2 Å². The standard InChI is InChI=1S/2C25H42O4.Ba/c2*1-22(29-21-23-16-10-8-11-17-23)15-9-6-7-13-19-24(26)18-12-4-2-3-5-14-20-25(27)28;/h2*8,10-11,16-17,22,24,26H,2-7,9,12-15,18-21H2,1H3,(H,27,28);/q;;+2/p-2. The van der Waals surface area contributed by atoms with E-state index in [-0.39, 0.29) is 73.9 Å². The van der Waals surface area contributed by atoms with Gasteiger partial charge in [0.15, 0.2) is 0 Å². The van der Waals surface area contributed by atoms with Crippen LogP contribution < -0.4 is 10.2 Å². The van der Waals surface area contributed by atoms with Crippen LogP contribution >= 0.6 is 0 Å². The Labute approximate surface area is 400 Å². The fraction of sp³-hybridized carbons (Fsp3) is 0.720. The number of unbranched alkanes of at least 4 members (excludes halogenated alkanes) is 16. The van der Waals surface area contributed by atoms with Gasteiger partial charge < -0.3 is 39.5 Å². The van der Waals surface area contributed by atoms with Gasteiger partial charge in [-0.1, -0.05) is 176 Å². The summed E-state index contributed by atoms with van der Waals surface area (Å²) in [6, 6.07) is 20.6. The number of ether oxygens (including phenoxy) is 2. The number of aliphatic hydroxyl groups excluding tert-OH is 2. The van der Waals surface area contributed by atoms with Gasteiger partial charge in [-0.15, -0.1) is 0 Å². The first-order valence-electron chi connectivity index (χ1n) is 23.2. The van der Waals surface area contributed by atoms with Crippen LogP contribution in [0.15, 0.2) is 60.7 Å². The van der Waals surface area contributed by atoms with Crippen LogP contribution in [0.25, 0.3) is 0 Å². The van der Waals surface area contributed by atoms with Crippen molar-refractivity contribution in [1.29, 1.82) is 0 Å². The minimum atomic E-state index is -0.945. The average Bonchev–Trinajstić information content (AvgIpc) is 3.21. The second kappa shape index (κ2) is 42.1. The Morgan fingerprint density at radius 3 is 0.983 bits per heavy atom. The zero-order valence-electron chi connectivity index (χ0n) is 37.3. The predicted molar refractivity (Wildman–Crippen MR) is 238 cm³/mol. The smallest absolute Gasteiger partial charge is 0.550 e. The molecular formula is C50H82BaO8. The fourth-order valence-electron chi connectivity index (χ4n) is 7.12. The number of carboxylic acid groups (broad SMARTS) is 2. The largest absolute Gasteiger partial charge is 2.00 e. The normalized spacial score (nSPS) is 13.1. The quantitative estimate of drug-likeness (QED) is 0.0501. The molecule has 0 aromatic heterocycles. The van der Waals surface area contributed by atoms with Gasteiger partial charge in [0, 0.05) is 11.9 Å². The Kier molecular flexibility index (Phi) is 41.2. The van der Waals surface area contributed by atoms with Gasteiger partial charge in [-0.25, -0.2) is 0 Å². The van der Waals surface area contributed by atoms with Crippen LogP contribution in [0.3, 0.4) is 0 Å². The molecule has 2 rings (SSSR count). The van der Waals surface area contributed by atoms with E-state index in [1.807, 2.05) is 36.4 Å². The Morgan fingerprint density at radius 1 is 0.441 bits per heavy atom. The molecule has 4 atom stereocenters. The van der Waals surface area contributed by atoms with E-state index in [0.717, 1.165) is 128 Å². The molecule has 0 radical (unpaired) electrons. The summed E-state index contributed by atoms with van der Waals surface area (Å²) >= 11 is 0. The van der Waals surface area contributed by atoms with E-state index in [2.05, 4.69) is 38.1 Å². The zero-order valence-corrected chi connectivity index (χ0v) is 41.8. The minimum Gasteiger partial charge on any atom is -0.550 e. The Hall–Kier alpha value is -1.21. The van der Waals surface area contributed by atoms with Gasteiger partial charge in [0.05, 0.1) is 37.6 Å². The summed E-state index contributed by atoms with van der Waals surface area (Å²) in [5.41, 5.74) is 2.45. The predicted octanol–water partition coefficient (Wildman–Crippen LogP) is 9.95. The van der Waals surface area contributed by atoms with E-state index in [1.54, 1.807) is 0 Å². The van der Waals surface area contributed by atoms with Crippen molar-refractivity contribution >= 4 is 60.8 Å². The van der Waals surface area contributed by atoms with E-state index in [9.17, 15) is 30.0 Å². The van der Waals surface area contributed by atoms with Crippen molar-refractivity contribution in [1.82, 2.24) is 0 Å². The molecule has 2 N–H and O–H groups in total. The Bertz CT molecular complexity index is 1110. The molecule has 0 heterocycles. The van der Waals surface area contributed by atoms with Crippen LogP contribution in [0.2, 0.25) is 0 Å². The SMILES string of the molecule is CC(CCCCCCC(O)CCCCCCCCC(=O)[O-])OCc1ccccc1.CC(CCCCCCC(O)CCCCCCCCC(=O)[O-])OCc1ccccc1.[Ba+2]. The van der Waals surface area contributed by atoms with E-state index in [1.165, 1.54) is 49.7 Å². The van der Waals surface area contributed by atoms with Crippen molar-refractivity contribution in [2.45, 2.75) is 231 Å². The minimum absolute atomic E-state index is 0. The van der Waals surface area contributed by atoms with Crippen molar-refractivity contribution in [3.63, 3.8) is 0 Å². The molecule has 0 aliphatic heterocycles. The molecule has 0 amide bonds. The Balaban J connectivity index is 0.00000112. The second-order valence-corrected chi connectivity index (χ2v) is 16.6. The van der Waals surface area contributed by atoms with E-state index < -0.39 is 11.9 Å². The molecule has 0 saturated carbocycles. The van der Waals surface area contributed by atoms with Gasteiger partial charge in [-0.2, -0.15) is 0 Å². The summed E-state index contributed by atoms with van der Waals surface area (Å²) < 4.78 is 11.8. The molecule has 0 bridgehead atoms. The summed E-state index contributed by atoms with van der Waals surface area (Å²) in [7, 11) is 0. The average molecular weight is 949 g/mol. The summed E-state index contributed by atoms with van der Waals surface area (Å²) in [6.07, 6.45) is 27.9. The van der Waals surface area contributed by atoms with Crippen molar-refractivity contribution in [2.75, 3.05) is 0 Å². The van der Waals surface area contributed by atoms with Crippen molar-refractivity contribution in [3.05, 3.63) is 71.8 Å². The third-order valence-electron chi connectivity index (χ3n) is 10.9. The van der Waals surface area contributed by atoms with Gasteiger partial charge in [0.25, 0.3) is 0 Å². The maximum atomic E-state index is 10.3. The number of hydrogen-bond acceptors (Lipinski definition) is 8. The molecule has 0 aliphatic rings. The number of carbonyl (C=O) groups is 2. The van der Waals surface area contributed by atoms with Crippen LogP contribution in [-0.4, -0.2) is 95.4 Å². The summed E-state index contributed by atoms with van der Waals surface area (Å²) in [6.45, 7) is 5.67. The molecule has 332 valence electrons. The third kappa shape index (κ3) is 40.6. The topological polar surface area (TPSA) is 139 Å². The summed E-state index contributed by atoms with van der Waals surface area (Å²) in [4.78, 5) is 20.6. The first-order valence-corrected chi connectivity index (χ1v) is 23.2. The molecule has 9 heteroatoms. The fourth-order valence-corrected chi connectivity index (χ4v) is 7.12. The molecule has 0 spiro atoms. The van der Waals surface area contributed by atoms with Crippen LogP contribution in [-0.2, 0) is 32.3 Å². The number of hydrogen-bond donors (Lipinski definition) is 2. The number of carboxylic acids is 2.